The van der Waals surface area contributed by atoms with E-state index in [1.54, 1.807) is 0 Å². The molecule has 0 saturated carbocycles. The molecule has 8 heteroatoms. The van der Waals surface area contributed by atoms with E-state index in [9.17, 15) is 4.79 Å². The maximum Gasteiger partial charge on any atom is 0.234 e. The number of halogens is 1. The van der Waals surface area contributed by atoms with E-state index in [-0.39, 0.29) is 17.8 Å². The van der Waals surface area contributed by atoms with Crippen molar-refractivity contribution in [1.82, 2.24) is 14.8 Å². The van der Waals surface area contributed by atoms with Crippen molar-refractivity contribution in [2.75, 3.05) is 11.1 Å². The van der Waals surface area contributed by atoms with Gasteiger partial charge in [0.25, 0.3) is 0 Å². The molecule has 0 saturated heterocycles. The van der Waals surface area contributed by atoms with E-state index in [4.69, 9.17) is 16.3 Å². The molecule has 6 nitrogen and oxygen atoms in total. The zero-order valence-corrected chi connectivity index (χ0v) is 20.9. The number of thioether (sulfide) groups is 1. The van der Waals surface area contributed by atoms with Crippen LogP contribution in [0.25, 0.3) is 0 Å². The van der Waals surface area contributed by atoms with Gasteiger partial charge < -0.3 is 14.6 Å². The maximum absolute atomic E-state index is 12.5. The zero-order chi connectivity index (χ0) is 23.4. The molecular formula is C24H29ClN4O2S. The van der Waals surface area contributed by atoms with Crippen LogP contribution in [0.1, 0.15) is 48.0 Å². The van der Waals surface area contributed by atoms with Crippen molar-refractivity contribution in [2.45, 2.75) is 59.3 Å². The Labute approximate surface area is 198 Å². The van der Waals surface area contributed by atoms with Crippen LogP contribution in [-0.4, -0.2) is 26.4 Å². The van der Waals surface area contributed by atoms with Crippen LogP contribution in [0.3, 0.4) is 0 Å². The summed E-state index contributed by atoms with van der Waals surface area (Å²) in [4.78, 5) is 12.5. The van der Waals surface area contributed by atoms with Crippen LogP contribution in [0, 0.1) is 27.7 Å². The van der Waals surface area contributed by atoms with E-state index in [0.29, 0.717) is 11.7 Å². The van der Waals surface area contributed by atoms with Crippen LogP contribution in [0.2, 0.25) is 5.02 Å². The van der Waals surface area contributed by atoms with Crippen LogP contribution in [0.4, 0.5) is 5.69 Å². The smallest absolute Gasteiger partial charge is 0.234 e. The Morgan fingerprint density at radius 1 is 1.16 bits per heavy atom. The second-order valence-corrected chi connectivity index (χ2v) is 9.12. The first kappa shape index (κ1) is 24.1. The molecular weight excluding hydrogens is 444 g/mol. The fourth-order valence-electron chi connectivity index (χ4n) is 3.44. The molecule has 0 radical (unpaired) electrons. The van der Waals surface area contributed by atoms with Gasteiger partial charge in [0, 0.05) is 17.3 Å². The minimum atomic E-state index is -0.305. The fourth-order valence-corrected chi connectivity index (χ4v) is 4.36. The van der Waals surface area contributed by atoms with E-state index in [1.165, 1.54) is 11.8 Å². The predicted molar refractivity (Wildman–Crippen MR) is 131 cm³/mol. The Hall–Kier alpha value is -2.51. The zero-order valence-electron chi connectivity index (χ0n) is 19.3. The van der Waals surface area contributed by atoms with E-state index >= 15 is 0 Å². The number of nitrogens with zero attached hydrogens (tertiary/aromatic N) is 3. The van der Waals surface area contributed by atoms with Gasteiger partial charge in [0.05, 0.1) is 5.75 Å². The number of nitrogens with one attached hydrogen (secondary N) is 1. The van der Waals surface area contributed by atoms with Gasteiger partial charge in [-0.1, -0.05) is 35.5 Å². The number of rotatable bonds is 8. The van der Waals surface area contributed by atoms with E-state index in [2.05, 4.69) is 15.5 Å². The Balaban J connectivity index is 1.67. The Bertz CT molecular complexity index is 1110. The first-order valence-electron chi connectivity index (χ1n) is 10.6. The lowest BCUT2D eigenvalue weighted by molar-refractivity contribution is -0.113. The average molecular weight is 473 g/mol. The SMILES string of the molecule is CCn1c(SCC(=O)Nc2cccc(C)c2C)nnc1C(C)Oc1cc(C)c(Cl)c(C)c1. The van der Waals surface area contributed by atoms with Crippen molar-refractivity contribution >= 4 is 35.0 Å². The van der Waals surface area contributed by atoms with E-state index in [0.717, 1.165) is 44.5 Å². The molecule has 1 amide bonds. The van der Waals surface area contributed by atoms with Gasteiger partial charge in [-0.05, 0) is 82.0 Å². The summed E-state index contributed by atoms with van der Waals surface area (Å²) in [5.41, 5.74) is 4.99. The van der Waals surface area contributed by atoms with Crippen LogP contribution >= 0.6 is 23.4 Å². The molecule has 1 heterocycles. The minimum Gasteiger partial charge on any atom is -0.483 e. The second kappa shape index (κ2) is 10.4. The van der Waals surface area contributed by atoms with Gasteiger partial charge >= 0.3 is 0 Å². The third-order valence-electron chi connectivity index (χ3n) is 5.36. The molecule has 1 unspecified atom stereocenters. The number of anilines is 1. The van der Waals surface area contributed by atoms with Gasteiger partial charge in [-0.25, -0.2) is 0 Å². The second-order valence-electron chi connectivity index (χ2n) is 7.80. The van der Waals surface area contributed by atoms with Gasteiger partial charge in [0.15, 0.2) is 17.1 Å². The molecule has 1 atom stereocenters. The van der Waals surface area contributed by atoms with Crippen molar-refractivity contribution in [2.24, 2.45) is 0 Å². The summed E-state index contributed by atoms with van der Waals surface area (Å²) in [6, 6.07) is 9.73. The van der Waals surface area contributed by atoms with Crippen LogP contribution in [-0.2, 0) is 11.3 Å². The normalized spacial score (nSPS) is 12.0. The molecule has 0 spiro atoms. The Morgan fingerprint density at radius 3 is 2.50 bits per heavy atom. The summed E-state index contributed by atoms with van der Waals surface area (Å²) in [5, 5.41) is 13.1. The molecule has 3 aromatic rings. The summed E-state index contributed by atoms with van der Waals surface area (Å²) in [7, 11) is 0. The standard InChI is InChI=1S/C24H29ClN4O2S/c1-7-29-23(18(6)31-19-11-15(3)22(25)16(4)12-19)27-28-24(29)32-13-21(30)26-20-10-8-9-14(2)17(20)5/h8-12,18H,7,13H2,1-6H3,(H,26,30). The molecule has 0 bridgehead atoms. The average Bonchev–Trinajstić information content (AvgIpc) is 3.17. The van der Waals surface area contributed by atoms with Gasteiger partial charge in [0.2, 0.25) is 5.91 Å². The first-order valence-corrected chi connectivity index (χ1v) is 11.9. The summed E-state index contributed by atoms with van der Waals surface area (Å²) < 4.78 is 8.11. The van der Waals surface area contributed by atoms with Gasteiger partial charge in [0.1, 0.15) is 5.75 Å². The van der Waals surface area contributed by atoms with E-state index < -0.39 is 0 Å². The lowest BCUT2D eigenvalue weighted by Gasteiger charge is -2.17. The van der Waals surface area contributed by atoms with Crippen molar-refractivity contribution in [3.8, 4) is 5.75 Å². The number of aryl methyl sites for hydroxylation is 3. The van der Waals surface area contributed by atoms with E-state index in [1.807, 2.05) is 76.4 Å². The number of ether oxygens (including phenoxy) is 1. The van der Waals surface area contributed by atoms with Crippen molar-refractivity contribution < 1.29 is 9.53 Å². The van der Waals surface area contributed by atoms with Crippen LogP contribution < -0.4 is 10.1 Å². The monoisotopic (exact) mass is 472 g/mol. The molecule has 0 fully saturated rings. The minimum absolute atomic E-state index is 0.0766. The van der Waals surface area contributed by atoms with Gasteiger partial charge in [-0.3, -0.25) is 4.79 Å². The highest BCUT2D eigenvalue weighted by Gasteiger charge is 2.20. The van der Waals surface area contributed by atoms with Crippen molar-refractivity contribution in [3.05, 3.63) is 63.4 Å². The topological polar surface area (TPSA) is 69.0 Å². The van der Waals surface area contributed by atoms with Crippen LogP contribution in [0.5, 0.6) is 5.75 Å². The number of carbonyl (C=O) groups is 1. The molecule has 0 aliphatic heterocycles. The number of carbonyl (C=O) groups excluding carboxylic acids is 1. The number of hydrogen-bond acceptors (Lipinski definition) is 5. The number of amides is 1. The Kier molecular flexibility index (Phi) is 7.85. The molecule has 1 aromatic heterocycles. The number of benzene rings is 2. The summed E-state index contributed by atoms with van der Waals surface area (Å²) in [6.45, 7) is 12.6. The summed E-state index contributed by atoms with van der Waals surface area (Å²) in [5.74, 6) is 1.63. The van der Waals surface area contributed by atoms with Crippen molar-refractivity contribution in [1.29, 1.82) is 0 Å². The third kappa shape index (κ3) is 5.45. The molecule has 3 rings (SSSR count). The quantitative estimate of drug-likeness (QED) is 0.404. The largest absolute Gasteiger partial charge is 0.483 e. The molecule has 1 N–H and O–H groups in total. The highest BCUT2D eigenvalue weighted by atomic mass is 35.5. The van der Waals surface area contributed by atoms with Crippen LogP contribution in [0.15, 0.2) is 35.5 Å². The molecule has 0 aliphatic rings. The van der Waals surface area contributed by atoms with Gasteiger partial charge in [-0.15, -0.1) is 10.2 Å². The highest BCUT2D eigenvalue weighted by molar-refractivity contribution is 7.99. The Morgan fingerprint density at radius 2 is 1.84 bits per heavy atom. The maximum atomic E-state index is 12.5. The molecule has 170 valence electrons. The number of hydrogen-bond donors (Lipinski definition) is 1. The van der Waals surface area contributed by atoms with Gasteiger partial charge in [-0.2, -0.15) is 0 Å². The van der Waals surface area contributed by atoms with Crippen molar-refractivity contribution in [3.63, 3.8) is 0 Å². The third-order valence-corrected chi connectivity index (χ3v) is 6.92. The molecule has 2 aromatic carbocycles. The summed E-state index contributed by atoms with van der Waals surface area (Å²) >= 11 is 7.63. The number of aromatic nitrogens is 3. The summed E-state index contributed by atoms with van der Waals surface area (Å²) in [6.07, 6.45) is -0.305. The molecule has 0 aliphatic carbocycles. The predicted octanol–water partition coefficient (Wildman–Crippen LogP) is 6.06. The molecule has 32 heavy (non-hydrogen) atoms. The first-order chi connectivity index (χ1) is 15.2. The lowest BCUT2D eigenvalue weighted by Crippen LogP contribution is -2.16. The lowest BCUT2D eigenvalue weighted by atomic mass is 10.1. The highest BCUT2D eigenvalue weighted by Crippen LogP contribution is 2.30. The fraction of sp³-hybridized carbons (Fsp3) is 0.375.